The van der Waals surface area contributed by atoms with Crippen molar-refractivity contribution in [3.8, 4) is 0 Å². The molecule has 2 aliphatic rings. The Morgan fingerprint density at radius 2 is 1.71 bits per heavy atom. The number of quaternary nitrogens is 1. The third kappa shape index (κ3) is 4.35. The van der Waals surface area contributed by atoms with Crippen molar-refractivity contribution < 1.29 is 32.6 Å². The molecule has 0 unspecified atom stereocenters. The summed E-state index contributed by atoms with van der Waals surface area (Å²) >= 11 is 12.0. The Morgan fingerprint density at radius 1 is 1.06 bits per heavy atom. The summed E-state index contributed by atoms with van der Waals surface area (Å²) in [5, 5.41) is 0.499. The molecule has 0 radical (unpaired) electrons. The van der Waals surface area contributed by atoms with Crippen LogP contribution >= 0.6 is 23.2 Å². The van der Waals surface area contributed by atoms with Crippen LogP contribution in [0.5, 0.6) is 0 Å². The highest BCUT2D eigenvalue weighted by Gasteiger charge is 2.47. The van der Waals surface area contributed by atoms with E-state index in [-0.39, 0.29) is 23.3 Å². The zero-order valence-electron chi connectivity index (χ0n) is 16.2. The second-order valence-electron chi connectivity index (χ2n) is 7.53. The van der Waals surface area contributed by atoms with Crippen molar-refractivity contribution in [2.75, 3.05) is 36.0 Å². The van der Waals surface area contributed by atoms with E-state index in [1.54, 1.807) is 24.3 Å². The molecule has 11 heteroatoms. The van der Waals surface area contributed by atoms with Crippen LogP contribution < -0.4 is 19.7 Å². The number of nitrogens with one attached hydrogen (secondary N) is 2. The first kappa shape index (κ1) is 21.9. The number of H-pyrrole nitrogens is 1. The summed E-state index contributed by atoms with van der Waals surface area (Å²) in [5.41, 5.74) is -0.353. The molecule has 2 N–H and O–H groups in total. The van der Waals surface area contributed by atoms with E-state index in [2.05, 4.69) is 4.98 Å². The van der Waals surface area contributed by atoms with Gasteiger partial charge in [-0.15, -0.1) is 0 Å². The van der Waals surface area contributed by atoms with Gasteiger partial charge in [-0.05, 0) is 30.3 Å². The van der Waals surface area contributed by atoms with Crippen LogP contribution in [0.25, 0.3) is 0 Å². The summed E-state index contributed by atoms with van der Waals surface area (Å²) in [4.78, 5) is 32.1. The Labute approximate surface area is 186 Å². The van der Waals surface area contributed by atoms with E-state index in [1.165, 1.54) is 4.90 Å². The van der Waals surface area contributed by atoms with Gasteiger partial charge in [-0.25, -0.2) is 14.8 Å². The first-order chi connectivity index (χ1) is 14.6. The number of hydrogen-bond acceptors (Lipinski definition) is 3. The maximum atomic E-state index is 12.9. The number of anilines is 2. The fraction of sp³-hybridized carbons (Fsp3) is 0.350. The topological polar surface area (TPSA) is 59.2 Å². The number of pyridine rings is 1. The molecule has 2 amide bonds. The Morgan fingerprint density at radius 3 is 2.29 bits per heavy atom. The molecule has 2 saturated heterocycles. The van der Waals surface area contributed by atoms with Crippen molar-refractivity contribution in [2.24, 2.45) is 0 Å². The van der Waals surface area contributed by atoms with Gasteiger partial charge < -0.3 is 4.90 Å². The van der Waals surface area contributed by atoms with Gasteiger partial charge in [-0.2, -0.15) is 13.2 Å². The van der Waals surface area contributed by atoms with Gasteiger partial charge in [-0.1, -0.05) is 23.2 Å². The van der Waals surface area contributed by atoms with Crippen molar-refractivity contribution in [1.29, 1.82) is 0 Å². The van der Waals surface area contributed by atoms with Gasteiger partial charge in [0.05, 0.1) is 17.7 Å². The third-order valence-electron chi connectivity index (χ3n) is 5.65. The highest BCUT2D eigenvalue weighted by molar-refractivity contribution is 6.32. The van der Waals surface area contributed by atoms with Crippen LogP contribution in [-0.4, -0.2) is 44.0 Å². The lowest BCUT2D eigenvalue weighted by Gasteiger charge is -2.31. The lowest BCUT2D eigenvalue weighted by Crippen LogP contribution is -3.19. The molecule has 2 fully saturated rings. The average molecular weight is 475 g/mol. The predicted octanol–water partition coefficient (Wildman–Crippen LogP) is 1.86. The zero-order chi connectivity index (χ0) is 22.3. The number of alkyl halides is 3. The number of benzene rings is 1. The van der Waals surface area contributed by atoms with Crippen LogP contribution in [0, 0.1) is 0 Å². The molecule has 1 atom stereocenters. The summed E-state index contributed by atoms with van der Waals surface area (Å²) < 4.78 is 38.5. The van der Waals surface area contributed by atoms with Crippen LogP contribution in [0.15, 0.2) is 36.5 Å². The highest BCUT2D eigenvalue weighted by atomic mass is 35.5. The second kappa shape index (κ2) is 8.29. The summed E-state index contributed by atoms with van der Waals surface area (Å²) in [6.45, 7) is 2.05. The number of rotatable bonds is 3. The summed E-state index contributed by atoms with van der Waals surface area (Å²) in [7, 11) is 0. The smallest absolute Gasteiger partial charge is 0.318 e. The molecule has 0 spiro atoms. The number of halogens is 5. The van der Waals surface area contributed by atoms with E-state index in [0.29, 0.717) is 42.7 Å². The molecular formula is C20H19Cl2F3N4O2+2. The molecule has 6 nitrogen and oxygen atoms in total. The SMILES string of the molecule is O=C1C[C@H]([NH+]2CCN(c3[nH+]cc(C(F)(F)F)cc3Cl)CC2)C(=O)N1c1ccc(Cl)cc1. The Kier molecular flexibility index (Phi) is 5.85. The number of carbonyl (C=O) groups is 2. The van der Waals surface area contributed by atoms with Gasteiger partial charge in [0.2, 0.25) is 5.91 Å². The zero-order valence-corrected chi connectivity index (χ0v) is 17.7. The fourth-order valence-electron chi connectivity index (χ4n) is 4.05. The van der Waals surface area contributed by atoms with E-state index in [1.807, 2.05) is 4.90 Å². The van der Waals surface area contributed by atoms with Gasteiger partial charge in [0.1, 0.15) is 37.4 Å². The summed E-state index contributed by atoms with van der Waals surface area (Å²) in [5.74, 6) is -0.105. The lowest BCUT2D eigenvalue weighted by molar-refractivity contribution is -0.915. The van der Waals surface area contributed by atoms with E-state index in [9.17, 15) is 22.8 Å². The normalized spacial score (nSPS) is 20.6. The van der Waals surface area contributed by atoms with Gasteiger partial charge in [0.25, 0.3) is 11.7 Å². The van der Waals surface area contributed by atoms with Crippen LogP contribution in [0.1, 0.15) is 12.0 Å². The first-order valence-corrected chi connectivity index (χ1v) is 10.4. The van der Waals surface area contributed by atoms with E-state index in [0.717, 1.165) is 17.2 Å². The highest BCUT2D eigenvalue weighted by Crippen LogP contribution is 2.32. The Hall–Kier alpha value is -2.36. The number of aromatic nitrogens is 1. The molecule has 4 rings (SSSR count). The number of piperazine rings is 1. The molecule has 3 heterocycles. The third-order valence-corrected chi connectivity index (χ3v) is 6.19. The van der Waals surface area contributed by atoms with Crippen LogP contribution in [0.4, 0.5) is 24.7 Å². The lowest BCUT2D eigenvalue weighted by atomic mass is 10.1. The van der Waals surface area contributed by atoms with Crippen molar-refractivity contribution >= 4 is 46.5 Å². The minimum absolute atomic E-state index is 0.0145. The minimum atomic E-state index is -4.48. The van der Waals surface area contributed by atoms with Gasteiger partial charge >= 0.3 is 6.18 Å². The van der Waals surface area contributed by atoms with E-state index < -0.39 is 17.8 Å². The predicted molar refractivity (Wildman–Crippen MR) is 108 cm³/mol. The van der Waals surface area contributed by atoms with E-state index >= 15 is 0 Å². The number of hydrogen-bond donors (Lipinski definition) is 1. The van der Waals surface area contributed by atoms with Crippen LogP contribution in [-0.2, 0) is 15.8 Å². The van der Waals surface area contributed by atoms with E-state index in [4.69, 9.17) is 23.2 Å². The molecule has 1 aromatic heterocycles. The number of imide groups is 1. The molecule has 2 aromatic rings. The maximum absolute atomic E-state index is 12.9. The number of carbonyl (C=O) groups excluding carboxylic acids is 2. The number of amides is 2. The molecule has 1 aromatic carbocycles. The Balaban J connectivity index is 1.43. The second-order valence-corrected chi connectivity index (χ2v) is 8.37. The summed E-state index contributed by atoms with van der Waals surface area (Å²) in [6.07, 6.45) is -3.47. The first-order valence-electron chi connectivity index (χ1n) is 9.65. The van der Waals surface area contributed by atoms with Crippen molar-refractivity contribution in [3.05, 3.63) is 52.1 Å². The van der Waals surface area contributed by atoms with Crippen molar-refractivity contribution in [2.45, 2.75) is 18.6 Å². The molecule has 31 heavy (non-hydrogen) atoms. The quantitative estimate of drug-likeness (QED) is 0.690. The largest absolute Gasteiger partial charge is 0.419 e. The van der Waals surface area contributed by atoms with Crippen LogP contribution in [0.2, 0.25) is 10.0 Å². The molecule has 0 bridgehead atoms. The monoisotopic (exact) mass is 474 g/mol. The summed E-state index contributed by atoms with van der Waals surface area (Å²) in [6, 6.07) is 6.93. The molecule has 0 aliphatic carbocycles. The van der Waals surface area contributed by atoms with Gasteiger partial charge in [0, 0.05) is 5.02 Å². The standard InChI is InChI=1S/C20H17Cl2F3N4O2/c21-13-1-3-14(4-2-13)29-17(30)10-16(19(29)31)27-5-7-28(8-6-27)18-15(22)9-12(11-26-18)20(23,24)25/h1-4,9,11,16H,5-8,10H2/p+2/t16-/m0/s1. The maximum Gasteiger partial charge on any atom is 0.419 e. The van der Waals surface area contributed by atoms with Gasteiger partial charge in [-0.3, -0.25) is 9.59 Å². The number of aromatic amines is 1. The van der Waals surface area contributed by atoms with Gasteiger partial charge in [0.15, 0.2) is 6.04 Å². The molecule has 0 saturated carbocycles. The minimum Gasteiger partial charge on any atom is -0.318 e. The molecular weight excluding hydrogens is 456 g/mol. The van der Waals surface area contributed by atoms with Crippen molar-refractivity contribution in [1.82, 2.24) is 0 Å². The average Bonchev–Trinajstić information content (AvgIpc) is 3.02. The fourth-order valence-corrected chi connectivity index (χ4v) is 4.46. The Bertz CT molecular complexity index is 1010. The van der Waals surface area contributed by atoms with Crippen molar-refractivity contribution in [3.63, 3.8) is 0 Å². The van der Waals surface area contributed by atoms with Crippen LogP contribution in [0.3, 0.4) is 0 Å². The molecule has 164 valence electrons. The number of nitrogens with zero attached hydrogens (tertiary/aromatic N) is 2. The molecule has 2 aliphatic heterocycles.